The maximum absolute atomic E-state index is 9.30. The lowest BCUT2D eigenvalue weighted by atomic mass is 10.00. The zero-order valence-corrected chi connectivity index (χ0v) is 11.0. The van der Waals surface area contributed by atoms with Crippen LogP contribution in [0.5, 0.6) is 0 Å². The lowest BCUT2D eigenvalue weighted by molar-refractivity contribution is 0.246. The van der Waals surface area contributed by atoms with Gasteiger partial charge in [0, 0.05) is 11.5 Å². The molecule has 0 aliphatic heterocycles. The fourth-order valence-corrected chi connectivity index (χ4v) is 2.08. The van der Waals surface area contributed by atoms with E-state index in [-0.39, 0.29) is 12.1 Å². The molecule has 0 amide bonds. The van der Waals surface area contributed by atoms with Crippen LogP contribution in [0.25, 0.3) is 0 Å². The van der Waals surface area contributed by atoms with Gasteiger partial charge in [-0.15, -0.1) is 10.2 Å². The first-order valence-electron chi connectivity index (χ1n) is 6.01. The third kappa shape index (κ3) is 2.43. The van der Waals surface area contributed by atoms with Gasteiger partial charge < -0.3 is 9.67 Å². The zero-order chi connectivity index (χ0) is 12.3. The molecule has 1 aromatic rings. The number of rotatable bonds is 4. The van der Waals surface area contributed by atoms with E-state index in [1.165, 1.54) is 0 Å². The Kier molecular flexibility index (Phi) is 4.08. The number of aliphatic hydroxyl groups excluding tert-OH is 1. The van der Waals surface area contributed by atoms with Gasteiger partial charge in [-0.2, -0.15) is 0 Å². The minimum absolute atomic E-state index is 0.0512. The molecule has 0 aromatic carbocycles. The Bertz CT molecular complexity index is 335. The summed E-state index contributed by atoms with van der Waals surface area (Å²) < 4.78 is 2.07. The van der Waals surface area contributed by atoms with Gasteiger partial charge in [-0.25, -0.2) is 0 Å². The predicted octanol–water partition coefficient (Wildman–Crippen LogP) is 2.43. The van der Waals surface area contributed by atoms with Crippen molar-refractivity contribution in [1.29, 1.82) is 0 Å². The zero-order valence-electron chi connectivity index (χ0n) is 11.0. The van der Waals surface area contributed by atoms with Gasteiger partial charge in [0.15, 0.2) is 5.82 Å². The molecule has 0 spiro atoms. The number of nitrogens with zero attached hydrogens (tertiary/aromatic N) is 3. The van der Waals surface area contributed by atoms with Crippen LogP contribution in [-0.4, -0.2) is 19.9 Å². The Morgan fingerprint density at radius 1 is 1.19 bits per heavy atom. The molecule has 0 radical (unpaired) electrons. The highest BCUT2D eigenvalue weighted by atomic mass is 16.3. The van der Waals surface area contributed by atoms with Crippen LogP contribution in [0.1, 0.15) is 65.0 Å². The molecule has 1 rings (SSSR count). The number of aliphatic hydroxyl groups is 1. The fraction of sp³-hybridized carbons (Fsp3) is 0.833. The molecule has 0 atom stereocenters. The molecule has 92 valence electrons. The summed E-state index contributed by atoms with van der Waals surface area (Å²) >= 11 is 0. The summed E-state index contributed by atoms with van der Waals surface area (Å²) in [4.78, 5) is 0. The molecule has 0 aliphatic rings. The topological polar surface area (TPSA) is 50.9 Å². The van der Waals surface area contributed by atoms with Crippen molar-refractivity contribution in [2.75, 3.05) is 0 Å². The fourth-order valence-electron chi connectivity index (χ4n) is 2.08. The molecular formula is C12H23N3O. The molecule has 4 heteroatoms. The van der Waals surface area contributed by atoms with E-state index in [0.29, 0.717) is 11.7 Å². The maximum Gasteiger partial charge on any atom is 0.159 e. The van der Waals surface area contributed by atoms with Gasteiger partial charge in [0.2, 0.25) is 0 Å². The minimum Gasteiger partial charge on any atom is -0.388 e. The van der Waals surface area contributed by atoms with E-state index >= 15 is 0 Å². The van der Waals surface area contributed by atoms with E-state index in [2.05, 4.69) is 49.4 Å². The van der Waals surface area contributed by atoms with E-state index in [0.717, 1.165) is 18.7 Å². The standard InChI is InChI=1S/C12H23N3O/c1-6-9(7-2)11-14-13-10(8-16)15(11)12(3,4)5/h9,16H,6-8H2,1-5H3. The smallest absolute Gasteiger partial charge is 0.159 e. The molecule has 0 saturated heterocycles. The number of aromatic nitrogens is 3. The van der Waals surface area contributed by atoms with Crippen molar-refractivity contribution in [2.45, 2.75) is 65.5 Å². The lowest BCUT2D eigenvalue weighted by Gasteiger charge is -2.27. The normalized spacial score (nSPS) is 12.4. The van der Waals surface area contributed by atoms with E-state index in [1.54, 1.807) is 0 Å². The first kappa shape index (κ1) is 13.2. The van der Waals surface area contributed by atoms with Crippen LogP contribution in [0.2, 0.25) is 0 Å². The van der Waals surface area contributed by atoms with Crippen LogP contribution in [0.15, 0.2) is 0 Å². The van der Waals surface area contributed by atoms with Crippen LogP contribution < -0.4 is 0 Å². The summed E-state index contributed by atoms with van der Waals surface area (Å²) in [5.41, 5.74) is -0.0838. The first-order chi connectivity index (χ1) is 7.45. The Morgan fingerprint density at radius 2 is 1.75 bits per heavy atom. The van der Waals surface area contributed by atoms with Gasteiger partial charge in [0.05, 0.1) is 0 Å². The average molecular weight is 225 g/mol. The monoisotopic (exact) mass is 225 g/mol. The van der Waals surface area contributed by atoms with E-state index in [1.807, 2.05) is 0 Å². The van der Waals surface area contributed by atoms with Crippen molar-refractivity contribution < 1.29 is 5.11 Å². The Balaban J connectivity index is 3.24. The molecule has 1 N–H and O–H groups in total. The van der Waals surface area contributed by atoms with Gasteiger partial charge in [-0.1, -0.05) is 13.8 Å². The number of hydrogen-bond donors (Lipinski definition) is 1. The molecule has 1 aromatic heterocycles. The highest BCUT2D eigenvalue weighted by Crippen LogP contribution is 2.27. The van der Waals surface area contributed by atoms with Crippen molar-refractivity contribution in [2.24, 2.45) is 0 Å². The SMILES string of the molecule is CCC(CC)c1nnc(CO)n1C(C)(C)C. The summed E-state index contributed by atoms with van der Waals surface area (Å²) in [5.74, 6) is 2.09. The second kappa shape index (κ2) is 4.95. The Hall–Kier alpha value is -0.900. The average Bonchev–Trinajstić information content (AvgIpc) is 2.63. The van der Waals surface area contributed by atoms with Gasteiger partial charge >= 0.3 is 0 Å². The third-order valence-electron chi connectivity index (χ3n) is 2.92. The molecule has 0 bridgehead atoms. The van der Waals surface area contributed by atoms with Crippen molar-refractivity contribution in [3.63, 3.8) is 0 Å². The lowest BCUT2D eigenvalue weighted by Crippen LogP contribution is -2.27. The molecule has 0 fully saturated rings. The van der Waals surface area contributed by atoms with Crippen molar-refractivity contribution in [1.82, 2.24) is 14.8 Å². The Labute approximate surface area is 97.7 Å². The second-order valence-electron chi connectivity index (χ2n) is 5.15. The molecule has 1 heterocycles. The predicted molar refractivity (Wildman–Crippen MR) is 64.3 cm³/mol. The van der Waals surface area contributed by atoms with Gasteiger partial charge in [-0.05, 0) is 33.6 Å². The summed E-state index contributed by atoms with van der Waals surface area (Å²) in [7, 11) is 0. The van der Waals surface area contributed by atoms with Crippen molar-refractivity contribution >= 4 is 0 Å². The van der Waals surface area contributed by atoms with Gasteiger partial charge in [-0.3, -0.25) is 0 Å². The van der Waals surface area contributed by atoms with E-state index in [4.69, 9.17) is 0 Å². The van der Waals surface area contributed by atoms with E-state index in [9.17, 15) is 5.11 Å². The third-order valence-corrected chi connectivity index (χ3v) is 2.92. The van der Waals surface area contributed by atoms with Crippen LogP contribution >= 0.6 is 0 Å². The largest absolute Gasteiger partial charge is 0.388 e. The summed E-state index contributed by atoms with van der Waals surface area (Å²) in [6.45, 7) is 10.6. The molecule has 0 unspecified atom stereocenters. The van der Waals surface area contributed by atoms with Gasteiger partial charge in [0.25, 0.3) is 0 Å². The molecule has 16 heavy (non-hydrogen) atoms. The highest BCUT2D eigenvalue weighted by Gasteiger charge is 2.25. The van der Waals surface area contributed by atoms with E-state index < -0.39 is 0 Å². The summed E-state index contributed by atoms with van der Waals surface area (Å²) in [6.07, 6.45) is 2.10. The highest BCUT2D eigenvalue weighted by molar-refractivity contribution is 5.05. The van der Waals surface area contributed by atoms with Crippen molar-refractivity contribution in [3.05, 3.63) is 11.6 Å². The number of hydrogen-bond acceptors (Lipinski definition) is 3. The van der Waals surface area contributed by atoms with Crippen LogP contribution in [0.4, 0.5) is 0 Å². The summed E-state index contributed by atoms with van der Waals surface area (Å²) in [6, 6.07) is 0. The Morgan fingerprint density at radius 3 is 2.12 bits per heavy atom. The maximum atomic E-state index is 9.30. The first-order valence-corrected chi connectivity index (χ1v) is 6.01. The summed E-state index contributed by atoms with van der Waals surface area (Å²) in [5, 5.41) is 17.6. The van der Waals surface area contributed by atoms with Gasteiger partial charge in [0.1, 0.15) is 12.4 Å². The van der Waals surface area contributed by atoms with Crippen molar-refractivity contribution in [3.8, 4) is 0 Å². The quantitative estimate of drug-likeness (QED) is 0.856. The van der Waals surface area contributed by atoms with Crippen LogP contribution in [0, 0.1) is 0 Å². The molecule has 4 nitrogen and oxygen atoms in total. The molecule has 0 saturated carbocycles. The molecular weight excluding hydrogens is 202 g/mol. The van der Waals surface area contributed by atoms with Crippen LogP contribution in [-0.2, 0) is 12.1 Å². The molecule has 0 aliphatic carbocycles. The second-order valence-corrected chi connectivity index (χ2v) is 5.15. The van der Waals surface area contributed by atoms with Crippen LogP contribution in [0.3, 0.4) is 0 Å². The minimum atomic E-state index is -0.0838.